The molecule has 0 aromatic heterocycles. The molecule has 0 aliphatic carbocycles. The number of halogens is 1. The molecular formula is C19H21ClO5S. The van der Waals surface area contributed by atoms with E-state index < -0.39 is 27.7 Å². The lowest BCUT2D eigenvalue weighted by Gasteiger charge is -2.14. The van der Waals surface area contributed by atoms with Gasteiger partial charge in [0.05, 0.1) is 11.5 Å². The van der Waals surface area contributed by atoms with Gasteiger partial charge in [0.2, 0.25) is 0 Å². The van der Waals surface area contributed by atoms with Crippen LogP contribution < -0.4 is 0 Å². The van der Waals surface area contributed by atoms with E-state index >= 15 is 0 Å². The van der Waals surface area contributed by atoms with E-state index in [4.69, 9.17) is 16.3 Å². The van der Waals surface area contributed by atoms with Crippen molar-refractivity contribution in [3.05, 3.63) is 64.7 Å². The SMILES string of the molecule is Cc1ccc(S(=O)(=O)C(COCCCc2ccccc2Cl)C(=O)O)cc1. The van der Waals surface area contributed by atoms with Crippen molar-refractivity contribution in [2.24, 2.45) is 0 Å². The van der Waals surface area contributed by atoms with Crippen LogP contribution in [0.3, 0.4) is 0 Å². The Balaban J connectivity index is 1.93. The second-order valence-corrected chi connectivity index (χ2v) is 8.49. The number of carbonyl (C=O) groups is 1. The number of carboxylic acids is 1. The molecule has 1 atom stereocenters. The average Bonchev–Trinajstić information content (AvgIpc) is 2.59. The number of aryl methyl sites for hydroxylation is 2. The minimum atomic E-state index is -4.01. The van der Waals surface area contributed by atoms with E-state index in [1.807, 2.05) is 25.1 Å². The van der Waals surface area contributed by atoms with Crippen LogP contribution in [0, 0.1) is 6.92 Å². The Morgan fingerprint density at radius 1 is 1.15 bits per heavy atom. The van der Waals surface area contributed by atoms with Gasteiger partial charge in [-0.05, 0) is 43.5 Å². The molecule has 0 spiro atoms. The van der Waals surface area contributed by atoms with Crippen LogP contribution in [-0.4, -0.2) is 38.0 Å². The first-order chi connectivity index (χ1) is 12.3. The van der Waals surface area contributed by atoms with Crippen LogP contribution in [0.1, 0.15) is 17.5 Å². The maximum atomic E-state index is 12.5. The topological polar surface area (TPSA) is 80.7 Å². The van der Waals surface area contributed by atoms with Crippen LogP contribution >= 0.6 is 11.6 Å². The van der Waals surface area contributed by atoms with Crippen molar-refractivity contribution in [1.82, 2.24) is 0 Å². The van der Waals surface area contributed by atoms with Gasteiger partial charge in [0, 0.05) is 11.6 Å². The molecule has 26 heavy (non-hydrogen) atoms. The number of carboxylic acid groups (broad SMARTS) is 1. The summed E-state index contributed by atoms with van der Waals surface area (Å²) in [6.07, 6.45) is 1.28. The first-order valence-electron chi connectivity index (χ1n) is 8.17. The normalized spacial score (nSPS) is 12.7. The minimum Gasteiger partial charge on any atom is -0.480 e. The molecule has 0 saturated carbocycles. The summed E-state index contributed by atoms with van der Waals surface area (Å²) in [4.78, 5) is 11.4. The van der Waals surface area contributed by atoms with Gasteiger partial charge < -0.3 is 9.84 Å². The maximum absolute atomic E-state index is 12.5. The first-order valence-corrected chi connectivity index (χ1v) is 10.1. The van der Waals surface area contributed by atoms with Crippen LogP contribution in [0.15, 0.2) is 53.4 Å². The third kappa shape index (κ3) is 5.30. The van der Waals surface area contributed by atoms with Crippen molar-refractivity contribution in [1.29, 1.82) is 0 Å². The van der Waals surface area contributed by atoms with E-state index in [-0.39, 0.29) is 11.5 Å². The highest BCUT2D eigenvalue weighted by Gasteiger charge is 2.34. The molecule has 1 N–H and O–H groups in total. The zero-order valence-electron chi connectivity index (χ0n) is 14.4. The number of rotatable bonds is 9. The van der Waals surface area contributed by atoms with Crippen molar-refractivity contribution in [3.63, 3.8) is 0 Å². The van der Waals surface area contributed by atoms with Crippen molar-refractivity contribution in [2.75, 3.05) is 13.2 Å². The van der Waals surface area contributed by atoms with Crippen molar-refractivity contribution in [2.45, 2.75) is 29.9 Å². The Hall–Kier alpha value is -1.89. The summed E-state index contributed by atoms with van der Waals surface area (Å²) >= 11 is 6.07. The molecular weight excluding hydrogens is 376 g/mol. The van der Waals surface area contributed by atoms with Crippen LogP contribution in [0.4, 0.5) is 0 Å². The van der Waals surface area contributed by atoms with Gasteiger partial charge in [-0.2, -0.15) is 0 Å². The van der Waals surface area contributed by atoms with Crippen molar-refractivity contribution < 1.29 is 23.1 Å². The molecule has 0 fully saturated rings. The number of sulfone groups is 1. The molecule has 5 nitrogen and oxygen atoms in total. The summed E-state index contributed by atoms with van der Waals surface area (Å²) in [6, 6.07) is 13.5. The van der Waals surface area contributed by atoms with Crippen LogP contribution in [0.2, 0.25) is 5.02 Å². The molecule has 0 bridgehead atoms. The van der Waals surface area contributed by atoms with Gasteiger partial charge in [0.25, 0.3) is 0 Å². The molecule has 0 radical (unpaired) electrons. The predicted molar refractivity (Wildman–Crippen MR) is 100 cm³/mol. The molecule has 7 heteroatoms. The lowest BCUT2D eigenvalue weighted by atomic mass is 10.1. The minimum absolute atomic E-state index is 0.0184. The van der Waals surface area contributed by atoms with E-state index in [2.05, 4.69) is 0 Å². The standard InChI is InChI=1S/C19H21ClO5S/c1-14-8-10-16(11-9-14)26(23,24)18(19(21)22)13-25-12-4-6-15-5-2-3-7-17(15)20/h2-3,5,7-11,18H,4,6,12-13H2,1H3,(H,21,22). The van der Waals surface area contributed by atoms with Crippen LogP contribution in [0.5, 0.6) is 0 Å². The first kappa shape index (κ1) is 20.4. The maximum Gasteiger partial charge on any atom is 0.324 e. The van der Waals surface area contributed by atoms with E-state index in [9.17, 15) is 18.3 Å². The zero-order valence-corrected chi connectivity index (χ0v) is 16.0. The van der Waals surface area contributed by atoms with Crippen molar-refractivity contribution in [3.8, 4) is 0 Å². The number of aliphatic carboxylic acids is 1. The molecule has 0 aliphatic rings. The van der Waals surface area contributed by atoms with Gasteiger partial charge >= 0.3 is 5.97 Å². The molecule has 0 amide bonds. The molecule has 2 aromatic rings. The van der Waals surface area contributed by atoms with Crippen LogP contribution in [0.25, 0.3) is 0 Å². The van der Waals surface area contributed by atoms with Crippen LogP contribution in [-0.2, 0) is 25.8 Å². The molecule has 2 aromatic carbocycles. The highest BCUT2D eigenvalue weighted by atomic mass is 35.5. The van der Waals surface area contributed by atoms with E-state index in [0.29, 0.717) is 17.9 Å². The number of benzene rings is 2. The van der Waals surface area contributed by atoms with Gasteiger partial charge in [-0.1, -0.05) is 47.5 Å². The van der Waals surface area contributed by atoms with E-state index in [1.54, 1.807) is 18.2 Å². The fourth-order valence-electron chi connectivity index (χ4n) is 2.44. The summed E-state index contributed by atoms with van der Waals surface area (Å²) in [5.74, 6) is -1.42. The zero-order chi connectivity index (χ0) is 19.2. The van der Waals surface area contributed by atoms with Gasteiger partial charge in [-0.3, -0.25) is 4.79 Å². The smallest absolute Gasteiger partial charge is 0.324 e. The summed E-state index contributed by atoms with van der Waals surface area (Å²) in [5.41, 5.74) is 1.87. The van der Waals surface area contributed by atoms with Crippen molar-refractivity contribution >= 4 is 27.4 Å². The molecule has 2 rings (SSSR count). The van der Waals surface area contributed by atoms with Gasteiger partial charge in [-0.15, -0.1) is 0 Å². The fraction of sp³-hybridized carbons (Fsp3) is 0.316. The predicted octanol–water partition coefficient (Wildman–Crippen LogP) is 3.52. The van der Waals surface area contributed by atoms with E-state index in [0.717, 1.165) is 11.1 Å². The number of hydrogen-bond donors (Lipinski definition) is 1. The number of hydrogen-bond acceptors (Lipinski definition) is 4. The van der Waals surface area contributed by atoms with Gasteiger partial charge in [0.1, 0.15) is 0 Å². The van der Waals surface area contributed by atoms with Gasteiger partial charge in [-0.25, -0.2) is 8.42 Å². The highest BCUT2D eigenvalue weighted by Crippen LogP contribution is 2.19. The third-order valence-electron chi connectivity index (χ3n) is 3.96. The Labute approximate surface area is 158 Å². The fourth-order valence-corrected chi connectivity index (χ4v) is 4.06. The highest BCUT2D eigenvalue weighted by molar-refractivity contribution is 7.92. The molecule has 0 aliphatic heterocycles. The summed E-state index contributed by atoms with van der Waals surface area (Å²) in [5, 5.41) is 8.35. The Kier molecular flexibility index (Phi) is 7.20. The Morgan fingerprint density at radius 3 is 2.42 bits per heavy atom. The lowest BCUT2D eigenvalue weighted by molar-refractivity contribution is -0.137. The summed E-state index contributed by atoms with van der Waals surface area (Å²) in [6.45, 7) is 1.68. The number of ether oxygens (including phenoxy) is 1. The monoisotopic (exact) mass is 396 g/mol. The quantitative estimate of drug-likeness (QED) is 0.656. The molecule has 140 valence electrons. The Morgan fingerprint density at radius 2 is 1.81 bits per heavy atom. The largest absolute Gasteiger partial charge is 0.480 e. The summed E-state index contributed by atoms with van der Waals surface area (Å²) in [7, 11) is -4.01. The Bertz CT molecular complexity index is 846. The van der Waals surface area contributed by atoms with E-state index in [1.165, 1.54) is 12.1 Å². The lowest BCUT2D eigenvalue weighted by Crippen LogP contribution is -2.35. The molecule has 0 heterocycles. The third-order valence-corrected chi connectivity index (χ3v) is 6.35. The molecule has 0 saturated heterocycles. The second-order valence-electron chi connectivity index (χ2n) is 5.95. The second kappa shape index (κ2) is 9.16. The van der Waals surface area contributed by atoms with Gasteiger partial charge in [0.15, 0.2) is 15.1 Å². The average molecular weight is 397 g/mol. The molecule has 1 unspecified atom stereocenters. The summed E-state index contributed by atoms with van der Waals surface area (Å²) < 4.78 is 30.4.